The summed E-state index contributed by atoms with van der Waals surface area (Å²) in [6.45, 7) is 2.13. The van der Waals surface area contributed by atoms with E-state index < -0.39 is 5.41 Å². The molecule has 122 valence electrons. The van der Waals surface area contributed by atoms with Crippen LogP contribution in [0.2, 0.25) is 0 Å². The maximum atomic E-state index is 10.1. The van der Waals surface area contributed by atoms with Crippen LogP contribution < -0.4 is 0 Å². The van der Waals surface area contributed by atoms with Gasteiger partial charge in [0.05, 0.1) is 23.4 Å². The van der Waals surface area contributed by atoms with Gasteiger partial charge in [-0.3, -0.25) is 0 Å². The lowest BCUT2D eigenvalue weighted by Crippen LogP contribution is -2.31. The monoisotopic (exact) mass is 319 g/mol. The third kappa shape index (κ3) is 3.14. The number of aliphatic hydroxyl groups is 1. The van der Waals surface area contributed by atoms with Gasteiger partial charge in [0.15, 0.2) is 0 Å². The average molecular weight is 319 g/mol. The molecule has 0 bridgehead atoms. The van der Waals surface area contributed by atoms with E-state index in [1.165, 1.54) is 0 Å². The fourth-order valence-electron chi connectivity index (χ4n) is 2.92. The van der Waals surface area contributed by atoms with Gasteiger partial charge in [-0.2, -0.15) is 10.2 Å². The molecular weight excluding hydrogens is 298 g/mol. The second kappa shape index (κ2) is 7.23. The highest BCUT2D eigenvalue weighted by atomic mass is 16.3. The standard InChI is InChI=1S/C20H21N3O/c1-2-20(15-24,19-9-6-14-21-19)16-10-12-18(13-11-16)23-22-17-7-4-3-5-8-17/h3-14,21,24H,2,15H2,1H3. The molecule has 1 heterocycles. The summed E-state index contributed by atoms with van der Waals surface area (Å²) in [6.07, 6.45) is 2.69. The Morgan fingerprint density at radius 1 is 0.875 bits per heavy atom. The fraction of sp³-hybridized carbons (Fsp3) is 0.200. The van der Waals surface area contributed by atoms with Crippen LogP contribution >= 0.6 is 0 Å². The normalized spacial score (nSPS) is 13.9. The van der Waals surface area contributed by atoms with Gasteiger partial charge in [0, 0.05) is 11.9 Å². The summed E-state index contributed by atoms with van der Waals surface area (Å²) in [4.78, 5) is 3.24. The molecule has 1 unspecified atom stereocenters. The van der Waals surface area contributed by atoms with Gasteiger partial charge in [-0.1, -0.05) is 37.3 Å². The molecule has 1 atom stereocenters. The van der Waals surface area contributed by atoms with Crippen LogP contribution in [-0.2, 0) is 5.41 Å². The maximum absolute atomic E-state index is 10.1. The number of nitrogens with one attached hydrogen (secondary N) is 1. The molecular formula is C20H21N3O. The predicted octanol–water partition coefficient (Wildman–Crippen LogP) is 5.12. The SMILES string of the molecule is CCC(CO)(c1ccc(N=Nc2ccccc2)cc1)c1ccc[nH]1. The second-order valence-electron chi connectivity index (χ2n) is 5.76. The molecule has 0 saturated heterocycles. The molecule has 0 spiro atoms. The lowest BCUT2D eigenvalue weighted by Gasteiger charge is -2.30. The third-order valence-corrected chi connectivity index (χ3v) is 4.44. The Bertz CT molecular complexity index is 774. The Balaban J connectivity index is 1.87. The van der Waals surface area contributed by atoms with Gasteiger partial charge in [0.1, 0.15) is 0 Å². The minimum absolute atomic E-state index is 0.0505. The Morgan fingerprint density at radius 3 is 2.08 bits per heavy atom. The number of rotatable bonds is 6. The molecule has 0 aliphatic carbocycles. The van der Waals surface area contributed by atoms with Crippen LogP contribution in [0.3, 0.4) is 0 Å². The molecule has 0 saturated carbocycles. The topological polar surface area (TPSA) is 60.7 Å². The molecule has 0 aliphatic rings. The number of aliphatic hydroxyl groups excluding tert-OH is 1. The van der Waals surface area contributed by atoms with Crippen molar-refractivity contribution in [2.75, 3.05) is 6.61 Å². The Morgan fingerprint density at radius 2 is 1.54 bits per heavy atom. The number of aromatic nitrogens is 1. The number of nitrogens with zero attached hydrogens (tertiary/aromatic N) is 2. The van der Waals surface area contributed by atoms with Crippen LogP contribution in [-0.4, -0.2) is 16.7 Å². The van der Waals surface area contributed by atoms with Crippen molar-refractivity contribution in [3.63, 3.8) is 0 Å². The van der Waals surface area contributed by atoms with E-state index in [2.05, 4.69) is 22.1 Å². The highest BCUT2D eigenvalue weighted by molar-refractivity contribution is 5.45. The van der Waals surface area contributed by atoms with Gasteiger partial charge in [0.25, 0.3) is 0 Å². The number of azo groups is 1. The summed E-state index contributed by atoms with van der Waals surface area (Å²) < 4.78 is 0. The van der Waals surface area contributed by atoms with Gasteiger partial charge in [0.2, 0.25) is 0 Å². The zero-order valence-corrected chi connectivity index (χ0v) is 13.7. The summed E-state index contributed by atoms with van der Waals surface area (Å²) in [5.74, 6) is 0. The first-order chi connectivity index (χ1) is 11.8. The third-order valence-electron chi connectivity index (χ3n) is 4.44. The van der Waals surface area contributed by atoms with Crippen molar-refractivity contribution in [1.29, 1.82) is 0 Å². The van der Waals surface area contributed by atoms with Crippen molar-refractivity contribution in [3.05, 3.63) is 84.2 Å². The molecule has 2 N–H and O–H groups in total. The summed E-state index contributed by atoms with van der Waals surface area (Å²) in [6, 6.07) is 21.5. The molecule has 2 aromatic carbocycles. The first-order valence-corrected chi connectivity index (χ1v) is 8.10. The van der Waals surface area contributed by atoms with Crippen LogP contribution in [0, 0.1) is 0 Å². The molecule has 4 nitrogen and oxygen atoms in total. The smallest absolute Gasteiger partial charge is 0.0857 e. The Kier molecular flexibility index (Phi) is 4.87. The summed E-state index contributed by atoms with van der Waals surface area (Å²) >= 11 is 0. The molecule has 4 heteroatoms. The number of benzene rings is 2. The zero-order chi connectivity index (χ0) is 16.8. The van der Waals surface area contributed by atoms with Gasteiger partial charge < -0.3 is 10.1 Å². The van der Waals surface area contributed by atoms with E-state index in [0.717, 1.165) is 29.1 Å². The van der Waals surface area contributed by atoms with Gasteiger partial charge in [-0.05, 0) is 48.4 Å². The largest absolute Gasteiger partial charge is 0.395 e. The first-order valence-electron chi connectivity index (χ1n) is 8.10. The number of H-pyrrole nitrogens is 1. The van der Waals surface area contributed by atoms with Crippen molar-refractivity contribution in [2.24, 2.45) is 10.2 Å². The Labute approximate surface area is 141 Å². The summed E-state index contributed by atoms with van der Waals surface area (Å²) in [5.41, 5.74) is 3.28. The second-order valence-corrected chi connectivity index (χ2v) is 5.76. The molecule has 3 rings (SSSR count). The van der Waals surface area contributed by atoms with E-state index >= 15 is 0 Å². The molecule has 0 fully saturated rings. The van der Waals surface area contributed by atoms with E-state index in [-0.39, 0.29) is 6.61 Å². The molecule has 0 aliphatic heterocycles. The van der Waals surface area contributed by atoms with E-state index in [1.54, 1.807) is 0 Å². The van der Waals surface area contributed by atoms with E-state index in [0.29, 0.717) is 0 Å². The quantitative estimate of drug-likeness (QED) is 0.609. The van der Waals surface area contributed by atoms with Crippen LogP contribution in [0.25, 0.3) is 0 Å². The first kappa shape index (κ1) is 16.1. The molecule has 1 aromatic heterocycles. The molecule has 24 heavy (non-hydrogen) atoms. The van der Waals surface area contributed by atoms with Gasteiger partial charge >= 0.3 is 0 Å². The van der Waals surface area contributed by atoms with Crippen LogP contribution in [0.15, 0.2) is 83.2 Å². The lowest BCUT2D eigenvalue weighted by atomic mass is 9.76. The van der Waals surface area contributed by atoms with Gasteiger partial charge in [-0.25, -0.2) is 0 Å². The molecule has 3 aromatic rings. The number of hydrogen-bond donors (Lipinski definition) is 2. The molecule has 0 amide bonds. The van der Waals surface area contributed by atoms with Crippen molar-refractivity contribution >= 4 is 11.4 Å². The number of aromatic amines is 1. The van der Waals surface area contributed by atoms with Gasteiger partial charge in [-0.15, -0.1) is 0 Å². The average Bonchev–Trinajstić information content (AvgIpc) is 3.19. The molecule has 0 radical (unpaired) electrons. The highest BCUT2D eigenvalue weighted by Crippen LogP contribution is 2.35. The Hall–Kier alpha value is -2.72. The predicted molar refractivity (Wildman–Crippen MR) is 96.0 cm³/mol. The summed E-state index contributed by atoms with van der Waals surface area (Å²) in [7, 11) is 0. The minimum atomic E-state index is -0.418. The zero-order valence-electron chi connectivity index (χ0n) is 13.7. The fourth-order valence-corrected chi connectivity index (χ4v) is 2.92. The number of hydrogen-bond acceptors (Lipinski definition) is 3. The van der Waals surface area contributed by atoms with Crippen LogP contribution in [0.1, 0.15) is 24.6 Å². The summed E-state index contributed by atoms with van der Waals surface area (Å²) in [5, 5.41) is 18.6. The highest BCUT2D eigenvalue weighted by Gasteiger charge is 2.32. The van der Waals surface area contributed by atoms with Crippen molar-refractivity contribution in [2.45, 2.75) is 18.8 Å². The van der Waals surface area contributed by atoms with E-state index in [9.17, 15) is 5.11 Å². The van der Waals surface area contributed by atoms with E-state index in [1.807, 2.05) is 72.9 Å². The minimum Gasteiger partial charge on any atom is -0.395 e. The van der Waals surface area contributed by atoms with E-state index in [4.69, 9.17) is 0 Å². The lowest BCUT2D eigenvalue weighted by molar-refractivity contribution is 0.213. The van der Waals surface area contributed by atoms with Crippen molar-refractivity contribution in [1.82, 2.24) is 4.98 Å². The van der Waals surface area contributed by atoms with Crippen LogP contribution in [0.4, 0.5) is 11.4 Å². The van der Waals surface area contributed by atoms with Crippen molar-refractivity contribution in [3.8, 4) is 0 Å². The maximum Gasteiger partial charge on any atom is 0.0857 e. The van der Waals surface area contributed by atoms with Crippen molar-refractivity contribution < 1.29 is 5.11 Å². The van der Waals surface area contributed by atoms with Crippen LogP contribution in [0.5, 0.6) is 0 Å².